The molecule has 118 valence electrons. The Morgan fingerprint density at radius 2 is 1.90 bits per heavy atom. The average molecular weight is 285 g/mol. The fraction of sp³-hybridized carbons (Fsp3) is 0.933. The van der Waals surface area contributed by atoms with Gasteiger partial charge in [-0.15, -0.1) is 0 Å². The summed E-state index contributed by atoms with van der Waals surface area (Å²) in [5, 5.41) is 6.86. The molecule has 1 aliphatic carbocycles. The molecule has 0 unspecified atom stereocenters. The highest BCUT2D eigenvalue weighted by atomic mass is 16.5. The van der Waals surface area contributed by atoms with E-state index in [4.69, 9.17) is 9.47 Å². The molecule has 0 aliphatic heterocycles. The Morgan fingerprint density at radius 3 is 2.55 bits per heavy atom. The summed E-state index contributed by atoms with van der Waals surface area (Å²) >= 11 is 0. The van der Waals surface area contributed by atoms with Gasteiger partial charge in [0.15, 0.2) is 5.96 Å². The Labute approximate surface area is 123 Å². The van der Waals surface area contributed by atoms with Crippen molar-refractivity contribution in [3.8, 4) is 0 Å². The van der Waals surface area contributed by atoms with Crippen molar-refractivity contribution in [3.05, 3.63) is 0 Å². The predicted octanol–water partition coefficient (Wildman–Crippen LogP) is 1.78. The summed E-state index contributed by atoms with van der Waals surface area (Å²) in [5.74, 6) is 1.80. The first-order chi connectivity index (χ1) is 9.76. The second-order valence-corrected chi connectivity index (χ2v) is 5.56. The molecule has 0 heterocycles. The molecule has 20 heavy (non-hydrogen) atoms. The van der Waals surface area contributed by atoms with Crippen molar-refractivity contribution in [2.24, 2.45) is 10.9 Å². The standard InChI is InChI=1S/C15H31N3O2/c1-13-5-7-14(8-6-13)18-15(16-2)17-9-4-10-20-12-11-19-3/h13-14H,4-12H2,1-3H3,(H2,16,17,18). The van der Waals surface area contributed by atoms with Crippen molar-refractivity contribution in [1.29, 1.82) is 0 Å². The molecule has 1 rings (SSSR count). The molecular formula is C15H31N3O2. The molecule has 1 fully saturated rings. The van der Waals surface area contributed by atoms with Gasteiger partial charge in [-0.05, 0) is 38.0 Å². The minimum Gasteiger partial charge on any atom is -0.382 e. The highest BCUT2D eigenvalue weighted by Crippen LogP contribution is 2.23. The summed E-state index contributed by atoms with van der Waals surface area (Å²) < 4.78 is 10.4. The molecule has 2 N–H and O–H groups in total. The molecule has 0 amide bonds. The number of aliphatic imine (C=N–C) groups is 1. The summed E-state index contributed by atoms with van der Waals surface area (Å²) in [6.45, 7) is 5.32. The van der Waals surface area contributed by atoms with Crippen LogP contribution in [0.2, 0.25) is 0 Å². The molecule has 5 heteroatoms. The number of rotatable bonds is 8. The molecule has 0 aromatic carbocycles. The SMILES string of the molecule is CN=C(NCCCOCCOC)NC1CCC(C)CC1. The molecule has 5 nitrogen and oxygen atoms in total. The summed E-state index contributed by atoms with van der Waals surface area (Å²) in [6, 6.07) is 0.579. The molecule has 0 bridgehead atoms. The van der Waals surface area contributed by atoms with Crippen LogP contribution >= 0.6 is 0 Å². The van der Waals surface area contributed by atoms with Crippen molar-refractivity contribution in [2.75, 3.05) is 40.5 Å². The second-order valence-electron chi connectivity index (χ2n) is 5.56. The Balaban J connectivity index is 2.05. The second kappa shape index (κ2) is 10.9. The number of guanidine groups is 1. The van der Waals surface area contributed by atoms with Crippen molar-refractivity contribution < 1.29 is 9.47 Å². The zero-order valence-electron chi connectivity index (χ0n) is 13.3. The number of hydrogen-bond donors (Lipinski definition) is 2. The van der Waals surface area contributed by atoms with E-state index < -0.39 is 0 Å². The minimum absolute atomic E-state index is 0.579. The molecule has 0 aromatic heterocycles. The Hall–Kier alpha value is -0.810. The zero-order valence-corrected chi connectivity index (χ0v) is 13.3. The van der Waals surface area contributed by atoms with Crippen molar-refractivity contribution >= 4 is 5.96 Å². The Morgan fingerprint density at radius 1 is 1.15 bits per heavy atom. The third-order valence-electron chi connectivity index (χ3n) is 3.77. The largest absolute Gasteiger partial charge is 0.382 e. The number of nitrogens with zero attached hydrogens (tertiary/aromatic N) is 1. The lowest BCUT2D eigenvalue weighted by molar-refractivity contribution is 0.0698. The molecule has 0 atom stereocenters. The van der Waals surface area contributed by atoms with Crippen LogP contribution in [0.15, 0.2) is 4.99 Å². The number of methoxy groups -OCH3 is 1. The van der Waals surface area contributed by atoms with E-state index in [1.165, 1.54) is 25.7 Å². The van der Waals surface area contributed by atoms with Gasteiger partial charge in [-0.2, -0.15) is 0 Å². The van der Waals surface area contributed by atoms with Crippen LogP contribution < -0.4 is 10.6 Å². The number of hydrogen-bond acceptors (Lipinski definition) is 3. The van der Waals surface area contributed by atoms with Crippen LogP contribution in [0, 0.1) is 5.92 Å². The summed E-state index contributed by atoms with van der Waals surface area (Å²) in [6.07, 6.45) is 6.13. The monoisotopic (exact) mass is 285 g/mol. The van der Waals surface area contributed by atoms with E-state index in [9.17, 15) is 0 Å². The quantitative estimate of drug-likeness (QED) is 0.405. The van der Waals surface area contributed by atoms with Crippen molar-refractivity contribution in [3.63, 3.8) is 0 Å². The van der Waals surface area contributed by atoms with Crippen LogP contribution in [-0.4, -0.2) is 52.5 Å². The van der Waals surface area contributed by atoms with Crippen LogP contribution in [0.4, 0.5) is 0 Å². The predicted molar refractivity (Wildman–Crippen MR) is 83.2 cm³/mol. The van der Waals surface area contributed by atoms with Crippen LogP contribution in [0.25, 0.3) is 0 Å². The minimum atomic E-state index is 0.579. The van der Waals surface area contributed by atoms with Gasteiger partial charge in [-0.3, -0.25) is 4.99 Å². The first-order valence-electron chi connectivity index (χ1n) is 7.80. The first-order valence-corrected chi connectivity index (χ1v) is 7.80. The highest BCUT2D eigenvalue weighted by molar-refractivity contribution is 5.79. The number of nitrogens with one attached hydrogen (secondary N) is 2. The summed E-state index contributed by atoms with van der Waals surface area (Å²) in [4.78, 5) is 4.28. The normalized spacial score (nSPS) is 23.6. The van der Waals surface area contributed by atoms with Gasteiger partial charge in [0.2, 0.25) is 0 Å². The lowest BCUT2D eigenvalue weighted by atomic mass is 9.87. The van der Waals surface area contributed by atoms with Crippen molar-refractivity contribution in [1.82, 2.24) is 10.6 Å². The average Bonchev–Trinajstić information content (AvgIpc) is 2.47. The maximum Gasteiger partial charge on any atom is 0.191 e. The van der Waals surface area contributed by atoms with E-state index >= 15 is 0 Å². The Kier molecular flexibility index (Phi) is 9.41. The lowest BCUT2D eigenvalue weighted by Crippen LogP contribution is -2.45. The van der Waals surface area contributed by atoms with Gasteiger partial charge < -0.3 is 20.1 Å². The van der Waals surface area contributed by atoms with E-state index in [0.29, 0.717) is 19.3 Å². The Bertz CT molecular complexity index is 264. The van der Waals surface area contributed by atoms with Gasteiger partial charge in [0, 0.05) is 33.4 Å². The van der Waals surface area contributed by atoms with Gasteiger partial charge in [-0.1, -0.05) is 6.92 Å². The van der Waals surface area contributed by atoms with Crippen molar-refractivity contribution in [2.45, 2.75) is 45.1 Å². The van der Waals surface area contributed by atoms with E-state index in [1.807, 2.05) is 7.05 Å². The fourth-order valence-electron chi connectivity index (χ4n) is 2.42. The third kappa shape index (κ3) is 7.70. The third-order valence-corrected chi connectivity index (χ3v) is 3.77. The molecule has 0 spiro atoms. The van der Waals surface area contributed by atoms with Gasteiger partial charge in [0.25, 0.3) is 0 Å². The van der Waals surface area contributed by atoms with E-state index in [0.717, 1.165) is 31.4 Å². The summed E-state index contributed by atoms with van der Waals surface area (Å²) in [7, 11) is 3.52. The molecule has 1 saturated carbocycles. The lowest BCUT2D eigenvalue weighted by Gasteiger charge is -2.28. The van der Waals surface area contributed by atoms with E-state index in [-0.39, 0.29) is 0 Å². The van der Waals surface area contributed by atoms with Crippen LogP contribution in [0.3, 0.4) is 0 Å². The van der Waals surface area contributed by atoms with Gasteiger partial charge in [-0.25, -0.2) is 0 Å². The highest BCUT2D eigenvalue weighted by Gasteiger charge is 2.18. The summed E-state index contributed by atoms with van der Waals surface area (Å²) in [5.41, 5.74) is 0. The number of ether oxygens (including phenoxy) is 2. The maximum atomic E-state index is 5.43. The fourth-order valence-corrected chi connectivity index (χ4v) is 2.42. The van der Waals surface area contributed by atoms with Gasteiger partial charge >= 0.3 is 0 Å². The molecule has 0 radical (unpaired) electrons. The topological polar surface area (TPSA) is 54.9 Å². The first kappa shape index (κ1) is 17.2. The van der Waals surface area contributed by atoms with Gasteiger partial charge in [0.1, 0.15) is 0 Å². The molecular weight excluding hydrogens is 254 g/mol. The van der Waals surface area contributed by atoms with Crippen LogP contribution in [0.5, 0.6) is 0 Å². The van der Waals surface area contributed by atoms with E-state index in [1.54, 1.807) is 7.11 Å². The zero-order chi connectivity index (χ0) is 14.6. The smallest absolute Gasteiger partial charge is 0.191 e. The van der Waals surface area contributed by atoms with Gasteiger partial charge in [0.05, 0.1) is 13.2 Å². The molecule has 0 aromatic rings. The van der Waals surface area contributed by atoms with Crippen LogP contribution in [0.1, 0.15) is 39.0 Å². The molecule has 0 saturated heterocycles. The van der Waals surface area contributed by atoms with Crippen LogP contribution in [-0.2, 0) is 9.47 Å². The molecule has 1 aliphatic rings. The maximum absolute atomic E-state index is 5.43. The van der Waals surface area contributed by atoms with E-state index in [2.05, 4.69) is 22.5 Å².